The Labute approximate surface area is 117 Å². The monoisotopic (exact) mass is 332 g/mol. The number of rotatable bonds is 1. The van der Waals surface area contributed by atoms with Gasteiger partial charge in [-0.1, -0.05) is 11.8 Å². The first-order chi connectivity index (χ1) is 8.21. The summed E-state index contributed by atoms with van der Waals surface area (Å²) in [4.78, 5) is 6.00. The fraction of sp³-hybridized carbons (Fsp3) is 0.545. The zero-order chi connectivity index (χ0) is 11.9. The van der Waals surface area contributed by atoms with Crippen molar-refractivity contribution < 1.29 is 4.74 Å². The Morgan fingerprint density at radius 1 is 1.59 bits per heavy atom. The normalized spacial score (nSPS) is 33.0. The summed E-state index contributed by atoms with van der Waals surface area (Å²) in [5.41, 5.74) is 5.69. The van der Waals surface area contributed by atoms with Crippen molar-refractivity contribution in [2.45, 2.75) is 12.0 Å². The predicted octanol–water partition coefficient (Wildman–Crippen LogP) is 2.80. The average molecular weight is 333 g/mol. The standard InChI is InChI=1S/C11H13BrN2OS2/c12-8-3-9(16-5-8)11-6-15-2-1-7(11)4-17-10(13)14-11/h3,5,7H,1-2,4,6H2,(H2,13,14)/t7?,11-/m0/s1. The largest absolute Gasteiger partial charge is 0.379 e. The number of hydrogen-bond acceptors (Lipinski definition) is 5. The van der Waals surface area contributed by atoms with E-state index in [0.717, 1.165) is 23.3 Å². The second-order valence-corrected chi connectivity index (χ2v) is 7.22. The Bertz CT molecular complexity index is 462. The van der Waals surface area contributed by atoms with Crippen molar-refractivity contribution >= 4 is 44.2 Å². The average Bonchev–Trinajstić information content (AvgIpc) is 2.76. The smallest absolute Gasteiger partial charge is 0.154 e. The van der Waals surface area contributed by atoms with Crippen LogP contribution in [0.4, 0.5) is 0 Å². The molecule has 1 aromatic rings. The Morgan fingerprint density at radius 2 is 2.47 bits per heavy atom. The van der Waals surface area contributed by atoms with Gasteiger partial charge in [0.25, 0.3) is 0 Å². The molecule has 1 saturated heterocycles. The van der Waals surface area contributed by atoms with Gasteiger partial charge < -0.3 is 10.5 Å². The summed E-state index contributed by atoms with van der Waals surface area (Å²) in [6.07, 6.45) is 1.07. The van der Waals surface area contributed by atoms with Gasteiger partial charge in [0.1, 0.15) is 5.54 Å². The minimum atomic E-state index is -0.232. The van der Waals surface area contributed by atoms with Gasteiger partial charge in [0, 0.05) is 33.0 Å². The number of nitrogens with zero attached hydrogens (tertiary/aromatic N) is 1. The molecule has 2 atom stereocenters. The van der Waals surface area contributed by atoms with E-state index in [0.29, 0.717) is 17.7 Å². The number of thioether (sulfide) groups is 1. The quantitative estimate of drug-likeness (QED) is 0.860. The maximum atomic E-state index is 5.92. The summed E-state index contributed by atoms with van der Waals surface area (Å²) >= 11 is 6.92. The van der Waals surface area contributed by atoms with Gasteiger partial charge in [0.2, 0.25) is 0 Å². The van der Waals surface area contributed by atoms with Crippen LogP contribution in [0.25, 0.3) is 0 Å². The van der Waals surface area contributed by atoms with Gasteiger partial charge in [-0.05, 0) is 28.4 Å². The Kier molecular flexibility index (Phi) is 3.23. The molecule has 92 valence electrons. The van der Waals surface area contributed by atoms with Crippen molar-refractivity contribution in [3.63, 3.8) is 0 Å². The lowest BCUT2D eigenvalue weighted by Crippen LogP contribution is -2.47. The number of amidine groups is 1. The highest BCUT2D eigenvalue weighted by Crippen LogP contribution is 2.46. The van der Waals surface area contributed by atoms with E-state index < -0.39 is 0 Å². The van der Waals surface area contributed by atoms with Gasteiger partial charge in [-0.2, -0.15) is 0 Å². The van der Waals surface area contributed by atoms with Gasteiger partial charge in [-0.15, -0.1) is 11.3 Å². The molecule has 3 heterocycles. The molecule has 17 heavy (non-hydrogen) atoms. The van der Waals surface area contributed by atoms with E-state index in [4.69, 9.17) is 15.5 Å². The number of halogens is 1. The molecule has 6 heteroatoms. The first-order valence-corrected chi connectivity index (χ1v) is 8.17. The summed E-state index contributed by atoms with van der Waals surface area (Å²) in [5, 5.41) is 2.79. The molecule has 2 aliphatic rings. The van der Waals surface area contributed by atoms with Crippen molar-refractivity contribution in [1.29, 1.82) is 0 Å². The molecule has 1 unspecified atom stereocenters. The highest BCUT2D eigenvalue weighted by atomic mass is 79.9. The zero-order valence-corrected chi connectivity index (χ0v) is 12.4. The van der Waals surface area contributed by atoms with Gasteiger partial charge in [0.05, 0.1) is 6.61 Å². The molecule has 2 aliphatic heterocycles. The van der Waals surface area contributed by atoms with Crippen LogP contribution in [-0.2, 0) is 10.3 Å². The Morgan fingerprint density at radius 3 is 3.24 bits per heavy atom. The highest BCUT2D eigenvalue weighted by molar-refractivity contribution is 9.10. The highest BCUT2D eigenvalue weighted by Gasteiger charge is 2.46. The molecule has 0 bridgehead atoms. The third kappa shape index (κ3) is 2.05. The minimum Gasteiger partial charge on any atom is -0.379 e. The lowest BCUT2D eigenvalue weighted by molar-refractivity contribution is 0.00610. The van der Waals surface area contributed by atoms with Crippen LogP contribution in [0.5, 0.6) is 0 Å². The van der Waals surface area contributed by atoms with Crippen molar-refractivity contribution in [3.05, 3.63) is 20.8 Å². The van der Waals surface area contributed by atoms with Crippen LogP contribution in [0.2, 0.25) is 0 Å². The number of nitrogens with two attached hydrogens (primary N) is 1. The number of hydrogen-bond donors (Lipinski definition) is 1. The number of fused-ring (bicyclic) bond motifs is 1. The Hall–Kier alpha value is -0.0400. The van der Waals surface area contributed by atoms with Gasteiger partial charge in [0.15, 0.2) is 5.17 Å². The van der Waals surface area contributed by atoms with Crippen LogP contribution in [0.3, 0.4) is 0 Å². The molecular formula is C11H13BrN2OS2. The molecule has 0 amide bonds. The van der Waals surface area contributed by atoms with Crippen molar-refractivity contribution in [2.24, 2.45) is 16.6 Å². The van der Waals surface area contributed by atoms with Gasteiger partial charge in [-0.3, -0.25) is 0 Å². The van der Waals surface area contributed by atoms with Crippen LogP contribution >= 0.6 is 39.0 Å². The summed E-state index contributed by atoms with van der Waals surface area (Å²) in [7, 11) is 0. The molecule has 0 spiro atoms. The van der Waals surface area contributed by atoms with Crippen molar-refractivity contribution in [2.75, 3.05) is 19.0 Å². The second-order valence-electron chi connectivity index (χ2n) is 4.35. The van der Waals surface area contributed by atoms with E-state index in [1.807, 2.05) is 0 Å². The topological polar surface area (TPSA) is 47.6 Å². The van der Waals surface area contributed by atoms with Crippen LogP contribution in [0.1, 0.15) is 11.3 Å². The number of aliphatic imine (C=N–C) groups is 1. The lowest BCUT2D eigenvalue weighted by Gasteiger charge is -2.42. The van der Waals surface area contributed by atoms with Gasteiger partial charge in [-0.25, -0.2) is 4.99 Å². The van der Waals surface area contributed by atoms with E-state index in [2.05, 4.69) is 27.4 Å². The zero-order valence-electron chi connectivity index (χ0n) is 9.19. The predicted molar refractivity (Wildman–Crippen MR) is 76.7 cm³/mol. The summed E-state index contributed by atoms with van der Waals surface area (Å²) in [6, 6.07) is 2.15. The van der Waals surface area contributed by atoms with Crippen molar-refractivity contribution in [1.82, 2.24) is 0 Å². The third-order valence-corrected chi connectivity index (χ3v) is 6.16. The fourth-order valence-corrected chi connectivity index (χ4v) is 5.12. The van der Waals surface area contributed by atoms with Gasteiger partial charge >= 0.3 is 0 Å². The van der Waals surface area contributed by atoms with Crippen LogP contribution < -0.4 is 5.73 Å². The summed E-state index contributed by atoms with van der Waals surface area (Å²) in [5.74, 6) is 1.59. The number of ether oxygens (including phenoxy) is 1. The molecule has 1 fully saturated rings. The molecule has 0 saturated carbocycles. The van der Waals surface area contributed by atoms with Crippen LogP contribution in [0, 0.1) is 5.92 Å². The maximum absolute atomic E-state index is 5.92. The van der Waals surface area contributed by atoms with E-state index in [-0.39, 0.29) is 5.54 Å². The number of thiophene rings is 1. The molecule has 0 radical (unpaired) electrons. The molecule has 3 nitrogen and oxygen atoms in total. The Balaban J connectivity index is 2.07. The van der Waals surface area contributed by atoms with E-state index in [1.165, 1.54) is 4.88 Å². The SMILES string of the molecule is NC1=N[C@@]2(c3cc(Br)cs3)COCCC2CS1. The first-order valence-electron chi connectivity index (χ1n) is 5.51. The van der Waals surface area contributed by atoms with E-state index >= 15 is 0 Å². The summed E-state index contributed by atoms with van der Waals surface area (Å²) in [6.45, 7) is 1.50. The second kappa shape index (κ2) is 4.57. The maximum Gasteiger partial charge on any atom is 0.154 e. The van der Waals surface area contributed by atoms with Crippen LogP contribution in [-0.4, -0.2) is 24.1 Å². The molecule has 1 aromatic heterocycles. The molecule has 0 aromatic carbocycles. The van der Waals surface area contributed by atoms with Crippen LogP contribution in [0.15, 0.2) is 20.9 Å². The molecular weight excluding hydrogens is 320 g/mol. The first kappa shape index (κ1) is 12.0. The summed E-state index contributed by atoms with van der Waals surface area (Å²) < 4.78 is 6.79. The van der Waals surface area contributed by atoms with Crippen molar-refractivity contribution in [3.8, 4) is 0 Å². The third-order valence-electron chi connectivity index (χ3n) is 3.34. The molecule has 2 N–H and O–H groups in total. The molecule has 0 aliphatic carbocycles. The lowest BCUT2D eigenvalue weighted by atomic mass is 9.81. The fourth-order valence-electron chi connectivity index (χ4n) is 2.44. The minimum absolute atomic E-state index is 0.232. The molecule has 3 rings (SSSR count). The van der Waals surface area contributed by atoms with E-state index in [1.54, 1.807) is 23.1 Å². The van der Waals surface area contributed by atoms with E-state index in [9.17, 15) is 0 Å².